The molecule has 0 atom stereocenters. The predicted octanol–water partition coefficient (Wildman–Crippen LogP) is 3.80. The largest absolute Gasteiger partial charge is 0.384 e. The van der Waals surface area contributed by atoms with Crippen LogP contribution >= 0.6 is 0 Å². The zero-order valence-corrected chi connectivity index (χ0v) is 18.2. The molecule has 6 heteroatoms. The van der Waals surface area contributed by atoms with Gasteiger partial charge in [0.2, 0.25) is 5.91 Å². The maximum Gasteiger partial charge on any atom is 0.252 e. The third kappa shape index (κ3) is 5.79. The van der Waals surface area contributed by atoms with Crippen LogP contribution in [0.25, 0.3) is 10.9 Å². The molecule has 1 aliphatic rings. The van der Waals surface area contributed by atoms with Gasteiger partial charge in [-0.3, -0.25) is 14.6 Å². The van der Waals surface area contributed by atoms with E-state index in [0.717, 1.165) is 48.8 Å². The first-order chi connectivity index (χ1) is 14.5. The second-order valence-electron chi connectivity index (χ2n) is 8.50. The van der Waals surface area contributed by atoms with Crippen LogP contribution in [0.1, 0.15) is 67.9 Å². The maximum absolute atomic E-state index is 12.8. The second kappa shape index (κ2) is 10.5. The summed E-state index contributed by atoms with van der Waals surface area (Å²) in [4.78, 5) is 29.5. The molecule has 2 aromatic rings. The fourth-order valence-corrected chi connectivity index (χ4v) is 4.14. The van der Waals surface area contributed by atoms with Crippen molar-refractivity contribution < 1.29 is 14.3 Å². The molecule has 1 fully saturated rings. The van der Waals surface area contributed by atoms with Crippen molar-refractivity contribution in [3.8, 4) is 0 Å². The number of nitrogens with zero attached hydrogens (tertiary/aromatic N) is 1. The molecule has 6 nitrogen and oxygen atoms in total. The summed E-state index contributed by atoms with van der Waals surface area (Å²) in [6.45, 7) is 5.12. The molecule has 1 aromatic heterocycles. The van der Waals surface area contributed by atoms with Crippen molar-refractivity contribution in [1.82, 2.24) is 15.6 Å². The second-order valence-corrected chi connectivity index (χ2v) is 8.50. The number of pyridine rings is 1. The molecule has 30 heavy (non-hydrogen) atoms. The van der Waals surface area contributed by atoms with Crippen molar-refractivity contribution in [3.05, 3.63) is 41.6 Å². The third-order valence-corrected chi connectivity index (χ3v) is 5.79. The average Bonchev–Trinajstić information content (AvgIpc) is 2.75. The van der Waals surface area contributed by atoms with Gasteiger partial charge >= 0.3 is 0 Å². The van der Waals surface area contributed by atoms with E-state index in [-0.39, 0.29) is 17.9 Å². The third-order valence-electron chi connectivity index (χ3n) is 5.79. The van der Waals surface area contributed by atoms with E-state index in [2.05, 4.69) is 10.6 Å². The molecule has 0 bridgehead atoms. The van der Waals surface area contributed by atoms with Crippen LogP contribution in [0.2, 0.25) is 0 Å². The van der Waals surface area contributed by atoms with Crippen LogP contribution in [0.3, 0.4) is 0 Å². The number of nitrogens with one attached hydrogen (secondary N) is 2. The summed E-state index contributed by atoms with van der Waals surface area (Å²) < 4.78 is 4.95. The van der Waals surface area contributed by atoms with Crippen molar-refractivity contribution in [2.24, 2.45) is 5.92 Å². The summed E-state index contributed by atoms with van der Waals surface area (Å²) in [5.41, 5.74) is 2.58. The minimum atomic E-state index is -0.0442. The topological polar surface area (TPSA) is 80.3 Å². The van der Waals surface area contributed by atoms with Crippen molar-refractivity contribution in [2.75, 3.05) is 20.3 Å². The van der Waals surface area contributed by atoms with Gasteiger partial charge in [-0.1, -0.05) is 18.2 Å². The lowest BCUT2D eigenvalue weighted by Gasteiger charge is -2.28. The van der Waals surface area contributed by atoms with Crippen LogP contribution in [-0.4, -0.2) is 43.1 Å². The number of methoxy groups -OCH3 is 1. The molecule has 0 radical (unpaired) electrons. The lowest BCUT2D eigenvalue weighted by molar-refractivity contribution is -0.122. The van der Waals surface area contributed by atoms with Gasteiger partial charge < -0.3 is 15.4 Å². The molecule has 1 aromatic carbocycles. The van der Waals surface area contributed by atoms with Gasteiger partial charge in [0, 0.05) is 43.1 Å². The van der Waals surface area contributed by atoms with Gasteiger partial charge in [0.25, 0.3) is 5.91 Å². The Morgan fingerprint density at radius 2 is 1.90 bits per heavy atom. The minimum absolute atomic E-state index is 0.0442. The number of ether oxygens (including phenoxy) is 1. The molecule has 2 N–H and O–H groups in total. The highest BCUT2D eigenvalue weighted by Gasteiger charge is 2.25. The van der Waals surface area contributed by atoms with Crippen LogP contribution < -0.4 is 10.6 Å². The number of hydrogen-bond donors (Lipinski definition) is 2. The number of aromatic nitrogens is 1. The Bertz CT molecular complexity index is 873. The molecule has 0 spiro atoms. The van der Waals surface area contributed by atoms with Gasteiger partial charge in [-0.25, -0.2) is 0 Å². The Labute approximate surface area is 178 Å². The lowest BCUT2D eigenvalue weighted by Crippen LogP contribution is -2.32. The van der Waals surface area contributed by atoms with Gasteiger partial charge in [0.15, 0.2) is 0 Å². The van der Waals surface area contributed by atoms with Crippen molar-refractivity contribution in [2.45, 2.75) is 57.9 Å². The summed E-state index contributed by atoms with van der Waals surface area (Å²) >= 11 is 0. The van der Waals surface area contributed by atoms with E-state index < -0.39 is 0 Å². The van der Waals surface area contributed by atoms with E-state index in [4.69, 9.17) is 9.72 Å². The van der Waals surface area contributed by atoms with Crippen LogP contribution in [-0.2, 0) is 9.53 Å². The number of rotatable bonds is 8. The Hall–Kier alpha value is -2.47. The molecule has 0 unspecified atom stereocenters. The number of carbonyl (C=O) groups excluding carboxylic acids is 2. The highest BCUT2D eigenvalue weighted by molar-refractivity contribution is 6.06. The van der Waals surface area contributed by atoms with E-state index in [1.54, 1.807) is 7.11 Å². The zero-order valence-electron chi connectivity index (χ0n) is 18.2. The smallest absolute Gasteiger partial charge is 0.252 e. The molecule has 2 amide bonds. The number of carbonyl (C=O) groups is 2. The van der Waals surface area contributed by atoms with E-state index in [0.29, 0.717) is 30.4 Å². The van der Waals surface area contributed by atoms with Gasteiger partial charge in [-0.15, -0.1) is 0 Å². The fraction of sp³-hybridized carbons (Fsp3) is 0.542. The van der Waals surface area contributed by atoms with E-state index in [1.807, 2.05) is 44.2 Å². The summed E-state index contributed by atoms with van der Waals surface area (Å²) in [6.07, 6.45) is 4.56. The fourth-order valence-electron chi connectivity index (χ4n) is 4.14. The van der Waals surface area contributed by atoms with Gasteiger partial charge in [-0.2, -0.15) is 0 Å². The van der Waals surface area contributed by atoms with Crippen LogP contribution in [0.5, 0.6) is 0 Å². The molecule has 1 saturated carbocycles. The molecular weight excluding hydrogens is 378 g/mol. The Morgan fingerprint density at radius 1 is 1.17 bits per heavy atom. The average molecular weight is 412 g/mol. The summed E-state index contributed by atoms with van der Waals surface area (Å²) in [6, 6.07) is 9.92. The molecule has 162 valence electrons. The van der Waals surface area contributed by atoms with Crippen molar-refractivity contribution >= 4 is 22.7 Å². The Kier molecular flexibility index (Phi) is 7.80. The first-order valence-electron chi connectivity index (χ1n) is 10.9. The minimum Gasteiger partial charge on any atom is -0.384 e. The molecule has 0 aliphatic heterocycles. The molecule has 0 saturated heterocycles. The van der Waals surface area contributed by atoms with Gasteiger partial charge in [0.1, 0.15) is 0 Å². The maximum atomic E-state index is 12.8. The highest BCUT2D eigenvalue weighted by atomic mass is 16.5. The summed E-state index contributed by atoms with van der Waals surface area (Å²) in [5, 5.41) is 6.93. The Morgan fingerprint density at radius 3 is 2.60 bits per heavy atom. The number of benzene rings is 1. The Balaban J connectivity index is 1.67. The number of amides is 2. The van der Waals surface area contributed by atoms with Crippen molar-refractivity contribution in [1.29, 1.82) is 0 Å². The van der Waals surface area contributed by atoms with E-state index in [1.165, 1.54) is 0 Å². The standard InChI is InChI=1S/C24H33N3O3/c1-16(2)26-24(29)20-14-22(27-21-7-5-4-6-19(20)21)18-10-8-17(9-11-18)15-25-23(28)12-13-30-3/h4-7,14,16-18H,8-13,15H2,1-3H3,(H,25,28)(H,26,29). The quantitative estimate of drug-likeness (QED) is 0.692. The first-order valence-corrected chi connectivity index (χ1v) is 10.9. The van der Waals surface area contributed by atoms with E-state index >= 15 is 0 Å². The first kappa shape index (κ1) is 22.2. The van der Waals surface area contributed by atoms with Gasteiger partial charge in [-0.05, 0) is 57.6 Å². The number of para-hydroxylation sites is 1. The monoisotopic (exact) mass is 411 g/mol. The number of hydrogen-bond acceptors (Lipinski definition) is 4. The predicted molar refractivity (Wildman–Crippen MR) is 119 cm³/mol. The lowest BCUT2D eigenvalue weighted by atomic mass is 9.80. The molecule has 3 rings (SSSR count). The van der Waals surface area contributed by atoms with Gasteiger partial charge in [0.05, 0.1) is 17.7 Å². The van der Waals surface area contributed by atoms with Crippen molar-refractivity contribution in [3.63, 3.8) is 0 Å². The highest BCUT2D eigenvalue weighted by Crippen LogP contribution is 2.36. The molecular formula is C24H33N3O3. The molecule has 1 aliphatic carbocycles. The molecule has 1 heterocycles. The summed E-state index contributed by atoms with van der Waals surface area (Å²) in [5.74, 6) is 0.853. The van der Waals surface area contributed by atoms with Crippen LogP contribution in [0.4, 0.5) is 0 Å². The normalized spacial score (nSPS) is 19.1. The zero-order chi connectivity index (χ0) is 21.5. The van der Waals surface area contributed by atoms with E-state index in [9.17, 15) is 9.59 Å². The van der Waals surface area contributed by atoms with Crippen LogP contribution in [0, 0.1) is 5.92 Å². The summed E-state index contributed by atoms with van der Waals surface area (Å²) in [7, 11) is 1.60. The SMILES string of the molecule is COCCC(=O)NCC1CCC(c2cc(C(=O)NC(C)C)c3ccccc3n2)CC1. The van der Waals surface area contributed by atoms with Crippen LogP contribution in [0.15, 0.2) is 30.3 Å². The number of fused-ring (bicyclic) bond motifs is 1.